The minimum absolute atomic E-state index is 0.384. The third kappa shape index (κ3) is 7.34. The van der Waals surface area contributed by atoms with Crippen LogP contribution in [-0.4, -0.2) is 37.2 Å². The molecule has 2 nitrogen and oxygen atoms in total. The van der Waals surface area contributed by atoms with Crippen LogP contribution in [0.25, 0.3) is 0 Å². The first-order valence-electron chi connectivity index (χ1n) is 6.13. The molecule has 2 heteroatoms. The van der Waals surface area contributed by atoms with Crippen molar-refractivity contribution < 1.29 is 4.74 Å². The Bertz CT molecular complexity index is 109. The minimum Gasteiger partial charge on any atom is -0.377 e. The highest BCUT2D eigenvalue weighted by atomic mass is 16.5. The first kappa shape index (κ1) is 13.9. The van der Waals surface area contributed by atoms with Gasteiger partial charge in [-0.1, -0.05) is 20.3 Å². The summed E-state index contributed by atoms with van der Waals surface area (Å²) in [5.41, 5.74) is 0. The number of hydrogen-bond donors (Lipinski definition) is 0. The van der Waals surface area contributed by atoms with Crippen molar-refractivity contribution in [2.75, 3.05) is 26.2 Å². The highest BCUT2D eigenvalue weighted by Crippen LogP contribution is 2.07. The fraction of sp³-hybridized carbons (Fsp3) is 1.00. The molecule has 0 aromatic carbocycles. The van der Waals surface area contributed by atoms with Crippen molar-refractivity contribution in [3.8, 4) is 0 Å². The van der Waals surface area contributed by atoms with Crippen LogP contribution < -0.4 is 0 Å². The molecule has 0 radical (unpaired) electrons. The van der Waals surface area contributed by atoms with Crippen LogP contribution in [-0.2, 0) is 4.74 Å². The van der Waals surface area contributed by atoms with Crippen molar-refractivity contribution in [3.05, 3.63) is 0 Å². The van der Waals surface area contributed by atoms with Crippen molar-refractivity contribution in [1.82, 2.24) is 4.90 Å². The zero-order chi connectivity index (χ0) is 10.8. The Morgan fingerprint density at radius 3 is 2.14 bits per heavy atom. The molecule has 1 aliphatic heterocycles. The summed E-state index contributed by atoms with van der Waals surface area (Å²) in [6.45, 7) is 12.8. The van der Waals surface area contributed by atoms with E-state index in [9.17, 15) is 0 Å². The first-order chi connectivity index (χ1) is 6.79. The summed E-state index contributed by atoms with van der Waals surface area (Å²) in [6, 6.07) is 0. The molecule has 0 bridgehead atoms. The van der Waals surface area contributed by atoms with E-state index in [1.165, 1.54) is 32.4 Å². The topological polar surface area (TPSA) is 12.5 Å². The van der Waals surface area contributed by atoms with Crippen LogP contribution in [0.3, 0.4) is 0 Å². The van der Waals surface area contributed by atoms with Crippen LogP contribution in [0.1, 0.15) is 47.0 Å². The quantitative estimate of drug-likeness (QED) is 0.693. The van der Waals surface area contributed by atoms with E-state index in [0.29, 0.717) is 6.10 Å². The van der Waals surface area contributed by atoms with E-state index < -0.39 is 0 Å². The fourth-order valence-electron chi connectivity index (χ4n) is 1.60. The zero-order valence-corrected chi connectivity index (χ0v) is 10.4. The summed E-state index contributed by atoms with van der Waals surface area (Å²) in [6.07, 6.45) is 4.56. The van der Waals surface area contributed by atoms with Gasteiger partial charge in [0, 0.05) is 6.54 Å². The third-order valence-electron chi connectivity index (χ3n) is 2.31. The Balaban J connectivity index is 0.000000791. The Morgan fingerprint density at radius 2 is 1.64 bits per heavy atom. The second-order valence-electron chi connectivity index (χ2n) is 3.82. The number of nitrogens with zero attached hydrogens (tertiary/aromatic N) is 1. The van der Waals surface area contributed by atoms with Gasteiger partial charge < -0.3 is 9.64 Å². The molecule has 0 unspecified atom stereocenters. The summed E-state index contributed by atoms with van der Waals surface area (Å²) in [4.78, 5) is 2.51. The molecule has 0 atom stereocenters. The van der Waals surface area contributed by atoms with Gasteiger partial charge in [-0.05, 0) is 39.8 Å². The Morgan fingerprint density at radius 1 is 1.07 bits per heavy atom. The van der Waals surface area contributed by atoms with E-state index >= 15 is 0 Å². The largest absolute Gasteiger partial charge is 0.377 e. The predicted molar refractivity (Wildman–Crippen MR) is 62.7 cm³/mol. The standard InChI is InChI=1S/C10H21NO.C2H6/c1-10(2)12-9-8-11-6-4-3-5-7-11;1-2/h10H,3-9H2,1-2H3;1-2H3. The number of rotatable bonds is 4. The second kappa shape index (κ2) is 9.47. The smallest absolute Gasteiger partial charge is 0.0596 e. The van der Waals surface area contributed by atoms with Gasteiger partial charge in [-0.25, -0.2) is 0 Å². The molecule has 1 aliphatic rings. The van der Waals surface area contributed by atoms with Crippen LogP contribution in [0.4, 0.5) is 0 Å². The van der Waals surface area contributed by atoms with Gasteiger partial charge in [0.05, 0.1) is 12.7 Å². The molecule has 0 aliphatic carbocycles. The van der Waals surface area contributed by atoms with Gasteiger partial charge in [0.15, 0.2) is 0 Å². The number of likely N-dealkylation sites (tertiary alicyclic amines) is 1. The lowest BCUT2D eigenvalue weighted by atomic mass is 10.1. The maximum absolute atomic E-state index is 5.50. The Hall–Kier alpha value is -0.0800. The molecule has 86 valence electrons. The maximum Gasteiger partial charge on any atom is 0.0596 e. The van der Waals surface area contributed by atoms with Crippen molar-refractivity contribution in [2.45, 2.75) is 53.1 Å². The van der Waals surface area contributed by atoms with Crippen LogP contribution in [0.5, 0.6) is 0 Å². The van der Waals surface area contributed by atoms with Gasteiger partial charge in [-0.3, -0.25) is 0 Å². The van der Waals surface area contributed by atoms with E-state index in [2.05, 4.69) is 18.7 Å². The van der Waals surface area contributed by atoms with E-state index in [1.54, 1.807) is 0 Å². The molecule has 1 saturated heterocycles. The monoisotopic (exact) mass is 201 g/mol. The summed E-state index contributed by atoms with van der Waals surface area (Å²) >= 11 is 0. The molecule has 14 heavy (non-hydrogen) atoms. The molecule has 0 spiro atoms. The van der Waals surface area contributed by atoms with Gasteiger partial charge in [-0.15, -0.1) is 0 Å². The van der Waals surface area contributed by atoms with Crippen molar-refractivity contribution in [3.63, 3.8) is 0 Å². The van der Waals surface area contributed by atoms with Crippen molar-refractivity contribution in [2.24, 2.45) is 0 Å². The predicted octanol–water partition coefficient (Wildman–Crippen LogP) is 2.92. The second-order valence-corrected chi connectivity index (χ2v) is 3.82. The van der Waals surface area contributed by atoms with E-state index in [4.69, 9.17) is 4.74 Å². The lowest BCUT2D eigenvalue weighted by molar-refractivity contribution is 0.0551. The molecule has 0 saturated carbocycles. The number of hydrogen-bond acceptors (Lipinski definition) is 2. The molecular weight excluding hydrogens is 174 g/mol. The summed E-state index contributed by atoms with van der Waals surface area (Å²) in [5.74, 6) is 0. The molecule has 1 rings (SSSR count). The van der Waals surface area contributed by atoms with E-state index in [0.717, 1.165) is 13.2 Å². The molecule has 0 N–H and O–H groups in total. The SMILES string of the molecule is CC.CC(C)OCCN1CCCCC1. The van der Waals surface area contributed by atoms with Gasteiger partial charge >= 0.3 is 0 Å². The normalized spacial score (nSPS) is 17.8. The summed E-state index contributed by atoms with van der Waals surface area (Å²) < 4.78 is 5.50. The molecule has 0 aromatic heterocycles. The highest BCUT2D eigenvalue weighted by Gasteiger charge is 2.08. The molecule has 0 aromatic rings. The molecular formula is C12H27NO. The van der Waals surface area contributed by atoms with Crippen molar-refractivity contribution >= 4 is 0 Å². The lowest BCUT2D eigenvalue weighted by Crippen LogP contribution is -2.33. The Labute approximate surface area is 89.6 Å². The Kier molecular flexibility index (Phi) is 9.42. The number of piperidine rings is 1. The average Bonchev–Trinajstić information content (AvgIpc) is 2.22. The van der Waals surface area contributed by atoms with Gasteiger partial charge in [0.2, 0.25) is 0 Å². The van der Waals surface area contributed by atoms with Crippen LogP contribution >= 0.6 is 0 Å². The zero-order valence-electron chi connectivity index (χ0n) is 10.4. The molecule has 1 heterocycles. The summed E-state index contributed by atoms with van der Waals surface area (Å²) in [7, 11) is 0. The van der Waals surface area contributed by atoms with Gasteiger partial charge in [-0.2, -0.15) is 0 Å². The third-order valence-corrected chi connectivity index (χ3v) is 2.31. The molecule has 1 fully saturated rings. The van der Waals surface area contributed by atoms with Gasteiger partial charge in [0.1, 0.15) is 0 Å². The fourth-order valence-corrected chi connectivity index (χ4v) is 1.60. The van der Waals surface area contributed by atoms with Crippen molar-refractivity contribution in [1.29, 1.82) is 0 Å². The number of ether oxygens (including phenoxy) is 1. The lowest BCUT2D eigenvalue weighted by Gasteiger charge is -2.26. The van der Waals surface area contributed by atoms with Crippen LogP contribution in [0.15, 0.2) is 0 Å². The minimum atomic E-state index is 0.384. The first-order valence-corrected chi connectivity index (χ1v) is 6.13. The average molecular weight is 201 g/mol. The van der Waals surface area contributed by atoms with Crippen LogP contribution in [0, 0.1) is 0 Å². The van der Waals surface area contributed by atoms with Gasteiger partial charge in [0.25, 0.3) is 0 Å². The van der Waals surface area contributed by atoms with E-state index in [-0.39, 0.29) is 0 Å². The van der Waals surface area contributed by atoms with E-state index in [1.807, 2.05) is 13.8 Å². The molecule has 0 amide bonds. The summed E-state index contributed by atoms with van der Waals surface area (Å²) in [5, 5.41) is 0. The maximum atomic E-state index is 5.50. The van der Waals surface area contributed by atoms with Crippen LogP contribution in [0.2, 0.25) is 0 Å². The highest BCUT2D eigenvalue weighted by molar-refractivity contribution is 4.63.